The Bertz CT molecular complexity index is 927. The molecule has 0 saturated carbocycles. The first kappa shape index (κ1) is 22.1. The highest BCUT2D eigenvalue weighted by Gasteiger charge is 2.33. The van der Waals surface area contributed by atoms with Crippen LogP contribution in [0.1, 0.15) is 54.5 Å². The van der Waals surface area contributed by atoms with Gasteiger partial charge in [0.25, 0.3) is 0 Å². The monoisotopic (exact) mass is 401 g/mol. The van der Waals surface area contributed by atoms with Crippen molar-refractivity contribution in [1.29, 1.82) is 0 Å². The first-order valence-electron chi connectivity index (χ1n) is 11.2. The smallest absolute Gasteiger partial charge is 0.119 e. The van der Waals surface area contributed by atoms with Crippen LogP contribution >= 0.6 is 0 Å². The number of aliphatic hydroxyl groups is 1. The van der Waals surface area contributed by atoms with Gasteiger partial charge < -0.3 is 10.0 Å². The lowest BCUT2D eigenvalue weighted by Gasteiger charge is -2.32. The molecule has 0 bridgehead atoms. The quantitative estimate of drug-likeness (QED) is 0.448. The van der Waals surface area contributed by atoms with Crippen LogP contribution in [0.4, 0.5) is 5.69 Å². The molecule has 0 aromatic heterocycles. The summed E-state index contributed by atoms with van der Waals surface area (Å²) in [5.41, 5.74) is 5.53. The van der Waals surface area contributed by atoms with Crippen LogP contribution in [-0.4, -0.2) is 18.2 Å². The van der Waals surface area contributed by atoms with Crippen molar-refractivity contribution in [2.24, 2.45) is 0 Å². The van der Waals surface area contributed by atoms with E-state index in [0.29, 0.717) is 6.42 Å². The molecule has 1 N–H and O–H groups in total. The van der Waals surface area contributed by atoms with Crippen molar-refractivity contribution in [2.45, 2.75) is 52.6 Å². The van der Waals surface area contributed by atoms with Gasteiger partial charge in [0.2, 0.25) is 0 Å². The van der Waals surface area contributed by atoms with Gasteiger partial charge in [-0.25, -0.2) is 0 Å². The molecule has 0 aliphatic rings. The van der Waals surface area contributed by atoms with E-state index in [1.165, 1.54) is 11.3 Å². The Balaban J connectivity index is 2.03. The Morgan fingerprint density at radius 1 is 0.800 bits per heavy atom. The lowest BCUT2D eigenvalue weighted by atomic mass is 9.79. The maximum Gasteiger partial charge on any atom is 0.119 e. The van der Waals surface area contributed by atoms with Crippen LogP contribution in [0.5, 0.6) is 0 Å². The molecule has 0 saturated heterocycles. The molecule has 0 spiro atoms. The summed E-state index contributed by atoms with van der Waals surface area (Å²) in [6.07, 6.45) is 2.80. The SMILES string of the molecule is CCCN(CCC)c1ccc(C(O)(Cc2ccccc2)c2ccc(C)cc2C)cc1. The number of hydrogen-bond donors (Lipinski definition) is 1. The van der Waals surface area contributed by atoms with Gasteiger partial charge in [-0.05, 0) is 61.1 Å². The van der Waals surface area contributed by atoms with E-state index in [-0.39, 0.29) is 0 Å². The van der Waals surface area contributed by atoms with Crippen molar-refractivity contribution >= 4 is 5.69 Å². The van der Waals surface area contributed by atoms with Crippen molar-refractivity contribution in [2.75, 3.05) is 18.0 Å². The molecular formula is C28H35NO. The van der Waals surface area contributed by atoms with Gasteiger partial charge in [0.05, 0.1) is 0 Å². The molecule has 3 aromatic rings. The minimum absolute atomic E-state index is 0.546. The van der Waals surface area contributed by atoms with Crippen LogP contribution in [0.2, 0.25) is 0 Å². The lowest BCUT2D eigenvalue weighted by Crippen LogP contribution is -2.31. The zero-order valence-corrected chi connectivity index (χ0v) is 18.9. The molecule has 3 aromatic carbocycles. The summed E-state index contributed by atoms with van der Waals surface area (Å²) < 4.78 is 0. The molecule has 0 aliphatic carbocycles. The molecule has 158 valence electrons. The second kappa shape index (κ2) is 9.95. The Morgan fingerprint density at radius 3 is 2.00 bits per heavy atom. The molecule has 2 heteroatoms. The maximum absolute atomic E-state index is 12.1. The van der Waals surface area contributed by atoms with Gasteiger partial charge in [-0.15, -0.1) is 0 Å². The van der Waals surface area contributed by atoms with Crippen LogP contribution in [0, 0.1) is 13.8 Å². The average molecular weight is 402 g/mol. The van der Waals surface area contributed by atoms with Crippen molar-refractivity contribution in [3.63, 3.8) is 0 Å². The predicted octanol–water partition coefficient (Wildman–Crippen LogP) is 6.41. The van der Waals surface area contributed by atoms with Gasteiger partial charge in [0, 0.05) is 25.2 Å². The Morgan fingerprint density at radius 2 is 1.43 bits per heavy atom. The summed E-state index contributed by atoms with van der Waals surface area (Å²) in [6.45, 7) is 10.7. The number of aryl methyl sites for hydroxylation is 2. The fraction of sp³-hybridized carbons (Fsp3) is 0.357. The van der Waals surface area contributed by atoms with E-state index in [4.69, 9.17) is 0 Å². The van der Waals surface area contributed by atoms with Gasteiger partial charge in [0.1, 0.15) is 5.60 Å². The second-order valence-corrected chi connectivity index (χ2v) is 8.37. The second-order valence-electron chi connectivity index (χ2n) is 8.37. The van der Waals surface area contributed by atoms with Crippen LogP contribution in [0.3, 0.4) is 0 Å². The Hall–Kier alpha value is -2.58. The number of nitrogens with zero attached hydrogens (tertiary/aromatic N) is 1. The molecule has 0 amide bonds. The van der Waals surface area contributed by atoms with Crippen molar-refractivity contribution in [3.8, 4) is 0 Å². The predicted molar refractivity (Wildman–Crippen MR) is 128 cm³/mol. The van der Waals surface area contributed by atoms with Gasteiger partial charge in [-0.3, -0.25) is 0 Å². The van der Waals surface area contributed by atoms with Gasteiger partial charge in [-0.1, -0.05) is 80.1 Å². The highest BCUT2D eigenvalue weighted by molar-refractivity contribution is 5.51. The van der Waals surface area contributed by atoms with Crippen LogP contribution in [0.15, 0.2) is 72.8 Å². The van der Waals surface area contributed by atoms with E-state index in [2.05, 4.69) is 87.2 Å². The molecule has 3 rings (SSSR count). The van der Waals surface area contributed by atoms with E-state index in [1.54, 1.807) is 0 Å². The van der Waals surface area contributed by atoms with Crippen LogP contribution < -0.4 is 4.90 Å². The molecule has 0 radical (unpaired) electrons. The zero-order chi connectivity index (χ0) is 21.6. The molecule has 1 unspecified atom stereocenters. The number of benzene rings is 3. The molecule has 0 fully saturated rings. The van der Waals surface area contributed by atoms with E-state index in [1.807, 2.05) is 18.2 Å². The summed E-state index contributed by atoms with van der Waals surface area (Å²) in [5.74, 6) is 0. The molecule has 1 atom stereocenters. The number of rotatable bonds is 9. The van der Waals surface area contributed by atoms with Crippen LogP contribution in [-0.2, 0) is 12.0 Å². The third-order valence-corrected chi connectivity index (χ3v) is 5.83. The third-order valence-electron chi connectivity index (χ3n) is 5.83. The van der Waals surface area contributed by atoms with Gasteiger partial charge in [0.15, 0.2) is 0 Å². The summed E-state index contributed by atoms with van der Waals surface area (Å²) >= 11 is 0. The fourth-order valence-electron chi connectivity index (χ4n) is 4.38. The molecule has 30 heavy (non-hydrogen) atoms. The minimum Gasteiger partial charge on any atom is -0.380 e. The summed E-state index contributed by atoms with van der Waals surface area (Å²) in [5, 5.41) is 12.1. The largest absolute Gasteiger partial charge is 0.380 e. The lowest BCUT2D eigenvalue weighted by molar-refractivity contribution is 0.0805. The van der Waals surface area contributed by atoms with E-state index >= 15 is 0 Å². The Labute approximate surface area is 182 Å². The van der Waals surface area contributed by atoms with Gasteiger partial charge >= 0.3 is 0 Å². The van der Waals surface area contributed by atoms with Crippen molar-refractivity contribution in [3.05, 3.63) is 101 Å². The topological polar surface area (TPSA) is 23.5 Å². The molecule has 2 nitrogen and oxygen atoms in total. The highest BCUT2D eigenvalue weighted by Crippen LogP contribution is 2.36. The molecule has 0 aliphatic heterocycles. The summed E-state index contributed by atoms with van der Waals surface area (Å²) in [7, 11) is 0. The maximum atomic E-state index is 12.1. The fourth-order valence-corrected chi connectivity index (χ4v) is 4.38. The van der Waals surface area contributed by atoms with Crippen molar-refractivity contribution < 1.29 is 5.11 Å². The first-order valence-corrected chi connectivity index (χ1v) is 11.2. The third kappa shape index (κ3) is 4.94. The highest BCUT2D eigenvalue weighted by atomic mass is 16.3. The summed E-state index contributed by atoms with van der Waals surface area (Å²) in [6, 6.07) is 25.2. The average Bonchev–Trinajstić information content (AvgIpc) is 2.74. The van der Waals surface area contributed by atoms with E-state index < -0.39 is 5.60 Å². The van der Waals surface area contributed by atoms with Crippen LogP contribution in [0.25, 0.3) is 0 Å². The molecular weight excluding hydrogens is 366 g/mol. The minimum atomic E-state index is -1.07. The van der Waals surface area contributed by atoms with E-state index in [9.17, 15) is 5.11 Å². The number of anilines is 1. The first-order chi connectivity index (χ1) is 14.5. The van der Waals surface area contributed by atoms with E-state index in [0.717, 1.165) is 48.2 Å². The van der Waals surface area contributed by atoms with Crippen molar-refractivity contribution in [1.82, 2.24) is 0 Å². The van der Waals surface area contributed by atoms with Gasteiger partial charge in [-0.2, -0.15) is 0 Å². The number of hydrogen-bond acceptors (Lipinski definition) is 2. The normalized spacial score (nSPS) is 13.1. The summed E-state index contributed by atoms with van der Waals surface area (Å²) in [4.78, 5) is 2.43. The Kier molecular flexibility index (Phi) is 7.33. The zero-order valence-electron chi connectivity index (χ0n) is 18.9. The molecule has 0 heterocycles. The standard InChI is InChI=1S/C28H35NO/c1-5-18-29(19-6-2)26-15-13-25(14-16-26)28(30,21-24-10-8-7-9-11-24)27-17-12-22(3)20-23(27)4/h7-17,20,30H,5-6,18-19,21H2,1-4H3.